The molecule has 2 aliphatic heterocycles. The van der Waals surface area contributed by atoms with E-state index in [2.05, 4.69) is 0 Å². The molecule has 37 heavy (non-hydrogen) atoms. The van der Waals surface area contributed by atoms with Crippen molar-refractivity contribution < 1.29 is 45.7 Å². The second-order valence-corrected chi connectivity index (χ2v) is 9.81. The number of fused-ring (bicyclic) bond motifs is 2. The molecule has 0 spiro atoms. The van der Waals surface area contributed by atoms with E-state index in [-0.39, 0.29) is 32.7 Å². The number of sulfonamides is 1. The number of para-hydroxylation sites is 1. The molecule has 0 aliphatic carbocycles. The Bertz CT molecular complexity index is 1560. The standard InChI is InChI=1S/C25H18F3NO7S/c1-2-14-11-15(12-19-22(14)35-13-34-19)21-16-7-3-6-10-20(16)37(32,33)29(23(21)36-24(30)31)18-9-5-4-8-17(18)25(26,27)28/h3-12H,2,13H2,1H3,(H,30,31). The summed E-state index contributed by atoms with van der Waals surface area (Å²) in [6, 6.07) is 12.7. The van der Waals surface area contributed by atoms with Gasteiger partial charge < -0.3 is 19.3 Å². The van der Waals surface area contributed by atoms with Crippen LogP contribution >= 0.6 is 0 Å². The number of nitrogens with zero attached hydrogens (tertiary/aromatic N) is 1. The van der Waals surface area contributed by atoms with Crippen LogP contribution in [0.15, 0.2) is 71.4 Å². The first-order valence-corrected chi connectivity index (χ1v) is 12.4. The molecule has 12 heteroatoms. The van der Waals surface area contributed by atoms with Crippen LogP contribution in [0.5, 0.6) is 11.5 Å². The number of hydrogen-bond acceptors (Lipinski definition) is 6. The lowest BCUT2D eigenvalue weighted by atomic mass is 9.94. The number of rotatable bonds is 4. The molecular formula is C25H18F3NO7S. The minimum absolute atomic E-state index is 0.0437. The predicted octanol–water partition coefficient (Wildman–Crippen LogP) is 5.62. The van der Waals surface area contributed by atoms with Crippen LogP contribution in [0.1, 0.15) is 29.2 Å². The van der Waals surface area contributed by atoms with Crippen molar-refractivity contribution >= 4 is 27.4 Å². The molecule has 2 aliphatic rings. The molecule has 3 aromatic carbocycles. The highest BCUT2D eigenvalue weighted by Gasteiger charge is 2.45. The van der Waals surface area contributed by atoms with E-state index in [4.69, 9.17) is 14.2 Å². The van der Waals surface area contributed by atoms with E-state index in [0.29, 0.717) is 29.5 Å². The van der Waals surface area contributed by atoms with Gasteiger partial charge in [0.2, 0.25) is 12.7 Å². The summed E-state index contributed by atoms with van der Waals surface area (Å²) in [6.07, 6.45) is -6.39. The summed E-state index contributed by atoms with van der Waals surface area (Å²) in [7, 11) is -4.75. The number of carboxylic acid groups (broad SMARTS) is 1. The van der Waals surface area contributed by atoms with Crippen LogP contribution in [-0.4, -0.2) is 26.5 Å². The van der Waals surface area contributed by atoms with Crippen molar-refractivity contribution in [3.63, 3.8) is 0 Å². The third kappa shape index (κ3) is 4.02. The van der Waals surface area contributed by atoms with Gasteiger partial charge in [0.1, 0.15) is 0 Å². The van der Waals surface area contributed by atoms with Crippen molar-refractivity contribution in [1.29, 1.82) is 0 Å². The Balaban J connectivity index is 1.91. The number of ether oxygens (including phenoxy) is 3. The highest BCUT2D eigenvalue weighted by atomic mass is 32.2. The Labute approximate surface area is 209 Å². The zero-order chi connectivity index (χ0) is 26.5. The van der Waals surface area contributed by atoms with E-state index in [0.717, 1.165) is 12.1 Å². The summed E-state index contributed by atoms with van der Waals surface area (Å²) in [6.45, 7) is 1.79. The fourth-order valence-corrected chi connectivity index (χ4v) is 6.06. The molecule has 0 bridgehead atoms. The van der Waals surface area contributed by atoms with Gasteiger partial charge in [-0.25, -0.2) is 17.5 Å². The lowest BCUT2D eigenvalue weighted by Gasteiger charge is -2.34. The molecule has 5 rings (SSSR count). The fraction of sp³-hybridized carbons (Fsp3) is 0.160. The molecule has 2 heterocycles. The van der Waals surface area contributed by atoms with Gasteiger partial charge in [-0.1, -0.05) is 37.3 Å². The largest absolute Gasteiger partial charge is 0.512 e. The highest BCUT2D eigenvalue weighted by molar-refractivity contribution is 7.93. The van der Waals surface area contributed by atoms with Crippen molar-refractivity contribution in [2.45, 2.75) is 24.4 Å². The second-order valence-electron chi connectivity index (χ2n) is 8.05. The number of carbonyl (C=O) groups is 1. The maximum absolute atomic E-state index is 14.0. The summed E-state index contributed by atoms with van der Waals surface area (Å²) >= 11 is 0. The normalized spacial score (nSPS) is 15.9. The van der Waals surface area contributed by atoms with Gasteiger partial charge >= 0.3 is 12.3 Å². The van der Waals surface area contributed by atoms with E-state index in [1.54, 1.807) is 6.07 Å². The van der Waals surface area contributed by atoms with Gasteiger partial charge in [0.05, 0.1) is 21.7 Å². The average Bonchev–Trinajstić information content (AvgIpc) is 3.32. The van der Waals surface area contributed by atoms with Crippen LogP contribution in [0.2, 0.25) is 0 Å². The fourth-order valence-electron chi connectivity index (χ4n) is 4.40. The third-order valence-electron chi connectivity index (χ3n) is 5.90. The Hall–Kier alpha value is -4.19. The second kappa shape index (κ2) is 8.73. The van der Waals surface area contributed by atoms with Crippen LogP contribution < -0.4 is 13.8 Å². The number of hydrogen-bond donors (Lipinski definition) is 1. The van der Waals surface area contributed by atoms with Gasteiger partial charge in [-0.3, -0.25) is 0 Å². The lowest BCUT2D eigenvalue weighted by Crippen LogP contribution is -2.38. The van der Waals surface area contributed by atoms with Crippen molar-refractivity contribution in [3.05, 3.63) is 88.8 Å². The summed E-state index contributed by atoms with van der Waals surface area (Å²) in [5.41, 5.74) is -1.15. The molecule has 0 saturated carbocycles. The maximum atomic E-state index is 14.0. The molecule has 0 radical (unpaired) electrons. The lowest BCUT2D eigenvalue weighted by molar-refractivity contribution is -0.137. The molecule has 0 atom stereocenters. The Morgan fingerprint density at radius 3 is 2.49 bits per heavy atom. The predicted molar refractivity (Wildman–Crippen MR) is 125 cm³/mol. The first-order valence-electron chi connectivity index (χ1n) is 10.9. The van der Waals surface area contributed by atoms with Crippen molar-refractivity contribution in [3.8, 4) is 11.5 Å². The first-order chi connectivity index (χ1) is 17.5. The van der Waals surface area contributed by atoms with Crippen LogP contribution in [0, 0.1) is 0 Å². The average molecular weight is 533 g/mol. The van der Waals surface area contributed by atoms with E-state index in [1.165, 1.54) is 36.4 Å². The molecule has 0 amide bonds. The quantitative estimate of drug-likeness (QED) is 0.435. The van der Waals surface area contributed by atoms with E-state index >= 15 is 0 Å². The monoisotopic (exact) mass is 533 g/mol. The van der Waals surface area contributed by atoms with Crippen molar-refractivity contribution in [2.75, 3.05) is 11.1 Å². The zero-order valence-corrected chi connectivity index (χ0v) is 19.9. The summed E-state index contributed by atoms with van der Waals surface area (Å²) < 4.78 is 85.8. The Kier molecular flexibility index (Phi) is 5.78. The van der Waals surface area contributed by atoms with Gasteiger partial charge in [0.25, 0.3) is 10.0 Å². The molecule has 1 N–H and O–H groups in total. The molecule has 192 valence electrons. The van der Waals surface area contributed by atoms with E-state index in [9.17, 15) is 31.5 Å². The van der Waals surface area contributed by atoms with Crippen LogP contribution in [-0.2, 0) is 27.4 Å². The molecule has 0 aromatic heterocycles. The number of aryl methyl sites for hydroxylation is 1. The van der Waals surface area contributed by atoms with Crippen molar-refractivity contribution in [1.82, 2.24) is 0 Å². The van der Waals surface area contributed by atoms with Gasteiger partial charge in [-0.15, -0.1) is 0 Å². The van der Waals surface area contributed by atoms with Crippen LogP contribution in [0.4, 0.5) is 23.7 Å². The molecule has 8 nitrogen and oxygen atoms in total. The minimum atomic E-state index is -4.95. The molecule has 0 saturated heterocycles. The third-order valence-corrected chi connectivity index (χ3v) is 7.66. The van der Waals surface area contributed by atoms with E-state index < -0.39 is 39.5 Å². The smallest absolute Gasteiger partial charge is 0.454 e. The number of alkyl halides is 3. The summed E-state index contributed by atoms with van der Waals surface area (Å²) in [5.74, 6) is -0.0166. The molecule has 0 unspecified atom stereocenters. The topological polar surface area (TPSA) is 102 Å². The molecule has 0 fully saturated rings. The maximum Gasteiger partial charge on any atom is 0.512 e. The van der Waals surface area contributed by atoms with Gasteiger partial charge in [-0.2, -0.15) is 13.2 Å². The number of anilines is 1. The SMILES string of the molecule is CCc1cc(C2=C(OC(=O)O)N(c3ccccc3C(F)(F)F)S(=O)(=O)c3ccccc32)cc2c1OCO2. The Morgan fingerprint density at radius 2 is 1.78 bits per heavy atom. The van der Waals surface area contributed by atoms with Crippen LogP contribution in [0.3, 0.4) is 0 Å². The van der Waals surface area contributed by atoms with Crippen LogP contribution in [0.25, 0.3) is 5.57 Å². The summed E-state index contributed by atoms with van der Waals surface area (Å²) in [5, 5.41) is 9.55. The minimum Gasteiger partial charge on any atom is -0.454 e. The van der Waals surface area contributed by atoms with Gasteiger partial charge in [-0.05, 0) is 47.9 Å². The Morgan fingerprint density at radius 1 is 1.08 bits per heavy atom. The molecule has 3 aromatic rings. The highest BCUT2D eigenvalue weighted by Crippen LogP contribution is 2.48. The molecular weight excluding hydrogens is 515 g/mol. The van der Waals surface area contributed by atoms with Crippen molar-refractivity contribution in [2.24, 2.45) is 0 Å². The zero-order valence-electron chi connectivity index (χ0n) is 19.1. The first kappa shape index (κ1) is 24.5. The van der Waals surface area contributed by atoms with Gasteiger partial charge in [0, 0.05) is 5.56 Å². The van der Waals surface area contributed by atoms with Gasteiger partial charge in [0.15, 0.2) is 11.5 Å². The summed E-state index contributed by atoms with van der Waals surface area (Å²) in [4.78, 5) is 11.5. The number of halogens is 3. The van der Waals surface area contributed by atoms with E-state index in [1.807, 2.05) is 6.92 Å². The number of benzene rings is 3.